The van der Waals surface area contributed by atoms with E-state index in [-0.39, 0.29) is 5.91 Å². The van der Waals surface area contributed by atoms with Gasteiger partial charge in [0.2, 0.25) is 0 Å². The Morgan fingerprint density at radius 3 is 3.11 bits per heavy atom. The number of carbonyl (C=O) groups excluding carboxylic acids is 1. The Morgan fingerprint density at radius 1 is 1.58 bits per heavy atom. The lowest BCUT2D eigenvalue weighted by atomic mass is 10.3. The first kappa shape index (κ1) is 13.9. The first-order valence-corrected chi connectivity index (χ1v) is 7.12. The van der Waals surface area contributed by atoms with E-state index in [0.717, 1.165) is 23.3 Å². The molecule has 2 N–H and O–H groups in total. The van der Waals surface area contributed by atoms with E-state index in [4.69, 9.17) is 0 Å². The summed E-state index contributed by atoms with van der Waals surface area (Å²) in [4.78, 5) is 19.2. The maximum atomic E-state index is 12.1. The van der Waals surface area contributed by atoms with Gasteiger partial charge in [-0.05, 0) is 28.4 Å². The lowest BCUT2D eigenvalue weighted by Gasteiger charge is -2.08. The standard InChI is InChI=1S/C13H17BrN4O/c1-2-7-18-9-10(14)8-11(18)13(19)17-4-3-12-15-5-6-16-12/h5-6,8-9H,2-4,7H2,1H3,(H,15,16)(H,17,19). The first-order chi connectivity index (χ1) is 9.20. The van der Waals surface area contributed by atoms with Gasteiger partial charge in [0.1, 0.15) is 11.5 Å². The molecular formula is C13H17BrN4O. The van der Waals surface area contributed by atoms with Gasteiger partial charge in [0.15, 0.2) is 0 Å². The Bertz CT molecular complexity index is 533. The number of nitrogens with one attached hydrogen (secondary N) is 2. The first-order valence-electron chi connectivity index (χ1n) is 6.33. The second kappa shape index (κ2) is 6.56. The highest BCUT2D eigenvalue weighted by Gasteiger charge is 2.12. The molecule has 0 radical (unpaired) electrons. The molecule has 102 valence electrons. The predicted octanol–water partition coefficient (Wildman–Crippen LogP) is 2.36. The van der Waals surface area contributed by atoms with E-state index in [0.29, 0.717) is 18.7 Å². The van der Waals surface area contributed by atoms with Crippen molar-refractivity contribution >= 4 is 21.8 Å². The monoisotopic (exact) mass is 324 g/mol. The number of halogens is 1. The molecule has 2 rings (SSSR count). The molecule has 2 aromatic rings. The summed E-state index contributed by atoms with van der Waals surface area (Å²) >= 11 is 3.41. The van der Waals surface area contributed by atoms with Gasteiger partial charge in [-0.2, -0.15) is 0 Å². The van der Waals surface area contributed by atoms with Gasteiger partial charge in [0.25, 0.3) is 5.91 Å². The molecule has 0 fully saturated rings. The van der Waals surface area contributed by atoms with E-state index in [1.54, 1.807) is 12.4 Å². The van der Waals surface area contributed by atoms with Crippen molar-refractivity contribution in [2.75, 3.05) is 6.54 Å². The molecule has 0 saturated carbocycles. The zero-order valence-electron chi connectivity index (χ0n) is 10.8. The summed E-state index contributed by atoms with van der Waals surface area (Å²) in [7, 11) is 0. The van der Waals surface area contributed by atoms with E-state index in [9.17, 15) is 4.79 Å². The van der Waals surface area contributed by atoms with Crippen LogP contribution in [0.3, 0.4) is 0 Å². The van der Waals surface area contributed by atoms with Crippen molar-refractivity contribution < 1.29 is 4.79 Å². The third kappa shape index (κ3) is 3.70. The fourth-order valence-electron chi connectivity index (χ4n) is 1.91. The second-order valence-corrected chi connectivity index (χ2v) is 5.19. The number of amides is 1. The molecule has 0 aliphatic carbocycles. The molecular weight excluding hydrogens is 308 g/mol. The highest BCUT2D eigenvalue weighted by atomic mass is 79.9. The van der Waals surface area contributed by atoms with Gasteiger partial charge < -0.3 is 14.9 Å². The molecule has 19 heavy (non-hydrogen) atoms. The normalized spacial score (nSPS) is 10.6. The fourth-order valence-corrected chi connectivity index (χ4v) is 2.37. The van der Waals surface area contributed by atoms with Gasteiger partial charge >= 0.3 is 0 Å². The van der Waals surface area contributed by atoms with Crippen LogP contribution in [0.25, 0.3) is 0 Å². The van der Waals surface area contributed by atoms with Crippen LogP contribution in [0.4, 0.5) is 0 Å². The van der Waals surface area contributed by atoms with Crippen LogP contribution in [0.2, 0.25) is 0 Å². The quantitative estimate of drug-likeness (QED) is 0.856. The fraction of sp³-hybridized carbons (Fsp3) is 0.385. The molecule has 0 aliphatic rings. The van der Waals surface area contributed by atoms with Crippen molar-refractivity contribution in [3.05, 3.63) is 40.6 Å². The molecule has 6 heteroatoms. The summed E-state index contributed by atoms with van der Waals surface area (Å²) in [5.74, 6) is 0.830. The number of hydrogen-bond acceptors (Lipinski definition) is 2. The lowest BCUT2D eigenvalue weighted by molar-refractivity contribution is 0.0944. The molecule has 0 saturated heterocycles. The van der Waals surface area contributed by atoms with Crippen LogP contribution >= 0.6 is 15.9 Å². The van der Waals surface area contributed by atoms with Crippen LogP contribution in [0.15, 0.2) is 29.1 Å². The molecule has 0 atom stereocenters. The summed E-state index contributed by atoms with van der Waals surface area (Å²) in [5.41, 5.74) is 0.688. The number of aryl methyl sites for hydroxylation is 1. The van der Waals surface area contributed by atoms with E-state index in [2.05, 4.69) is 38.1 Å². The number of hydrogen-bond donors (Lipinski definition) is 2. The van der Waals surface area contributed by atoms with Crippen LogP contribution in [-0.4, -0.2) is 27.0 Å². The molecule has 5 nitrogen and oxygen atoms in total. The molecule has 2 aromatic heterocycles. The summed E-state index contributed by atoms with van der Waals surface area (Å²) in [5, 5.41) is 2.91. The van der Waals surface area contributed by atoms with E-state index < -0.39 is 0 Å². The Morgan fingerprint density at radius 2 is 2.42 bits per heavy atom. The van der Waals surface area contributed by atoms with E-state index in [1.165, 1.54) is 0 Å². The van der Waals surface area contributed by atoms with E-state index in [1.807, 2.05) is 16.8 Å². The molecule has 0 unspecified atom stereocenters. The minimum Gasteiger partial charge on any atom is -0.350 e. The van der Waals surface area contributed by atoms with Gasteiger partial charge in [0, 0.05) is 42.6 Å². The van der Waals surface area contributed by atoms with Crippen LogP contribution in [0.1, 0.15) is 29.7 Å². The maximum absolute atomic E-state index is 12.1. The predicted molar refractivity (Wildman–Crippen MR) is 77.0 cm³/mol. The SMILES string of the molecule is CCCn1cc(Br)cc1C(=O)NCCc1ncc[nH]1. The summed E-state index contributed by atoms with van der Waals surface area (Å²) < 4.78 is 2.89. The number of rotatable bonds is 6. The number of carbonyl (C=O) groups is 1. The number of imidazole rings is 1. The van der Waals surface area contributed by atoms with Crippen molar-refractivity contribution in [1.29, 1.82) is 0 Å². The highest BCUT2D eigenvalue weighted by Crippen LogP contribution is 2.15. The van der Waals surface area contributed by atoms with Crippen molar-refractivity contribution in [1.82, 2.24) is 19.9 Å². The van der Waals surface area contributed by atoms with Gasteiger partial charge in [-0.25, -0.2) is 4.98 Å². The average Bonchev–Trinajstić information content (AvgIpc) is 2.99. The number of H-pyrrole nitrogens is 1. The summed E-state index contributed by atoms with van der Waals surface area (Å²) in [6.07, 6.45) is 7.12. The zero-order valence-corrected chi connectivity index (χ0v) is 12.4. The zero-order chi connectivity index (χ0) is 13.7. The molecule has 0 aliphatic heterocycles. The lowest BCUT2D eigenvalue weighted by Crippen LogP contribution is -2.28. The topological polar surface area (TPSA) is 62.7 Å². The number of aromatic amines is 1. The largest absolute Gasteiger partial charge is 0.350 e. The molecule has 0 spiro atoms. The Labute approximate surface area is 120 Å². The van der Waals surface area contributed by atoms with Crippen molar-refractivity contribution in [3.63, 3.8) is 0 Å². The average molecular weight is 325 g/mol. The molecule has 0 aromatic carbocycles. The smallest absolute Gasteiger partial charge is 0.267 e. The minimum atomic E-state index is -0.0503. The van der Waals surface area contributed by atoms with Gasteiger partial charge in [-0.1, -0.05) is 6.92 Å². The third-order valence-corrected chi connectivity index (χ3v) is 3.20. The Kier molecular flexibility index (Phi) is 4.79. The second-order valence-electron chi connectivity index (χ2n) is 4.28. The molecule has 2 heterocycles. The van der Waals surface area contributed by atoms with Crippen LogP contribution in [0.5, 0.6) is 0 Å². The summed E-state index contributed by atoms with van der Waals surface area (Å²) in [6, 6.07) is 1.85. The van der Waals surface area contributed by atoms with Crippen LogP contribution in [0, 0.1) is 0 Å². The van der Waals surface area contributed by atoms with Gasteiger partial charge in [-0.3, -0.25) is 4.79 Å². The summed E-state index contributed by atoms with van der Waals surface area (Å²) in [6.45, 7) is 3.50. The molecule has 0 bridgehead atoms. The van der Waals surface area contributed by atoms with Crippen molar-refractivity contribution in [2.45, 2.75) is 26.3 Å². The highest BCUT2D eigenvalue weighted by molar-refractivity contribution is 9.10. The minimum absolute atomic E-state index is 0.0503. The Balaban J connectivity index is 1.92. The third-order valence-electron chi connectivity index (χ3n) is 2.76. The molecule has 1 amide bonds. The van der Waals surface area contributed by atoms with Crippen LogP contribution < -0.4 is 5.32 Å². The number of aromatic nitrogens is 3. The van der Waals surface area contributed by atoms with Crippen molar-refractivity contribution in [3.8, 4) is 0 Å². The van der Waals surface area contributed by atoms with Gasteiger partial charge in [0.05, 0.1) is 0 Å². The van der Waals surface area contributed by atoms with Crippen LogP contribution in [-0.2, 0) is 13.0 Å². The van der Waals surface area contributed by atoms with E-state index >= 15 is 0 Å². The maximum Gasteiger partial charge on any atom is 0.267 e. The van der Waals surface area contributed by atoms with Gasteiger partial charge in [-0.15, -0.1) is 0 Å². The number of nitrogens with zero attached hydrogens (tertiary/aromatic N) is 2. The Hall–Kier alpha value is -1.56. The van der Waals surface area contributed by atoms with Crippen molar-refractivity contribution in [2.24, 2.45) is 0 Å².